The van der Waals surface area contributed by atoms with E-state index >= 15 is 0 Å². The summed E-state index contributed by atoms with van der Waals surface area (Å²) in [5, 5.41) is 0. The average Bonchev–Trinajstić information content (AvgIpc) is 2.78. The molecule has 1 fully saturated rings. The van der Waals surface area contributed by atoms with Gasteiger partial charge in [-0.15, -0.1) is 0 Å². The largest absolute Gasteiger partial charge is 0.489 e. The molecule has 4 nitrogen and oxygen atoms in total. The van der Waals surface area contributed by atoms with Crippen LogP contribution >= 0.6 is 0 Å². The topological polar surface area (TPSA) is 47.9 Å². The summed E-state index contributed by atoms with van der Waals surface area (Å²) >= 11 is 0. The molecule has 106 valence electrons. The lowest BCUT2D eigenvalue weighted by Crippen LogP contribution is -2.19. The van der Waals surface area contributed by atoms with E-state index in [0.717, 1.165) is 32.1 Å². The minimum atomic E-state index is -0.646. The van der Waals surface area contributed by atoms with Gasteiger partial charge in [-0.05, 0) is 30.5 Å². The minimum absolute atomic E-state index is 0.162. The number of halogens is 1. The number of ether oxygens (including phenoxy) is 2. The molecule has 0 saturated heterocycles. The first-order valence-corrected chi connectivity index (χ1v) is 6.94. The lowest BCUT2D eigenvalue weighted by molar-refractivity contribution is 0.292. The van der Waals surface area contributed by atoms with Gasteiger partial charge in [0.25, 0.3) is 0 Å². The second-order valence-electron chi connectivity index (χ2n) is 5.28. The summed E-state index contributed by atoms with van der Waals surface area (Å²) in [5.41, 5.74) is 0.0351. The Morgan fingerprint density at radius 1 is 1.15 bits per heavy atom. The van der Waals surface area contributed by atoms with E-state index in [1.165, 1.54) is 6.07 Å². The fourth-order valence-electron chi connectivity index (χ4n) is 3.01. The van der Waals surface area contributed by atoms with Gasteiger partial charge in [0.15, 0.2) is 17.3 Å². The molecule has 0 radical (unpaired) electrons. The molecule has 1 aromatic rings. The fourth-order valence-corrected chi connectivity index (χ4v) is 3.01. The third kappa shape index (κ3) is 2.18. The molecule has 2 aliphatic rings. The summed E-state index contributed by atoms with van der Waals surface area (Å²) in [6.07, 6.45) is 5.79. The maximum absolute atomic E-state index is 14.2. The molecular formula is C15H16FNO3. The van der Waals surface area contributed by atoms with Crippen molar-refractivity contribution in [3.8, 4) is 11.5 Å². The van der Waals surface area contributed by atoms with Crippen LogP contribution in [0, 0.1) is 5.82 Å². The Hall–Kier alpha value is -1.87. The van der Waals surface area contributed by atoms with Crippen molar-refractivity contribution in [2.45, 2.75) is 37.6 Å². The number of fused-ring (bicyclic) bond motifs is 1. The van der Waals surface area contributed by atoms with Crippen molar-refractivity contribution in [1.29, 1.82) is 0 Å². The molecule has 0 bridgehead atoms. The van der Waals surface area contributed by atoms with E-state index in [-0.39, 0.29) is 5.75 Å². The number of rotatable bonds is 2. The highest BCUT2D eigenvalue weighted by molar-refractivity contribution is 5.48. The summed E-state index contributed by atoms with van der Waals surface area (Å²) in [6.45, 7) is 0.945. The summed E-state index contributed by atoms with van der Waals surface area (Å²) in [7, 11) is 0. The van der Waals surface area contributed by atoms with Crippen molar-refractivity contribution in [2.75, 3.05) is 13.2 Å². The van der Waals surface area contributed by atoms with Crippen molar-refractivity contribution < 1.29 is 18.7 Å². The van der Waals surface area contributed by atoms with Gasteiger partial charge >= 0.3 is 0 Å². The normalized spacial score (nSPS) is 20.1. The standard InChI is InChI=1S/C15H16FNO3/c16-12-8-11(15(17-10-18)4-1-2-5-15)9-13-14(12)20-7-3-6-19-13/h8-9H,1-7H2. The van der Waals surface area contributed by atoms with Crippen LogP contribution < -0.4 is 9.47 Å². The van der Waals surface area contributed by atoms with Gasteiger partial charge in [-0.2, -0.15) is 4.99 Å². The van der Waals surface area contributed by atoms with Crippen LogP contribution in [-0.4, -0.2) is 19.3 Å². The predicted molar refractivity (Wildman–Crippen MR) is 70.3 cm³/mol. The molecule has 0 amide bonds. The number of isocyanates is 1. The number of aliphatic imine (C=N–C) groups is 1. The molecule has 0 unspecified atom stereocenters. The number of hydrogen-bond donors (Lipinski definition) is 0. The van der Waals surface area contributed by atoms with Crippen molar-refractivity contribution in [3.05, 3.63) is 23.5 Å². The van der Waals surface area contributed by atoms with Gasteiger partial charge in [-0.1, -0.05) is 12.8 Å². The monoisotopic (exact) mass is 277 g/mol. The molecule has 5 heteroatoms. The summed E-state index contributed by atoms with van der Waals surface area (Å²) < 4.78 is 25.2. The van der Waals surface area contributed by atoms with Crippen molar-refractivity contribution in [2.24, 2.45) is 4.99 Å². The van der Waals surface area contributed by atoms with Crippen LogP contribution in [0.5, 0.6) is 11.5 Å². The van der Waals surface area contributed by atoms with E-state index in [1.54, 1.807) is 12.1 Å². The highest BCUT2D eigenvalue weighted by Crippen LogP contribution is 2.45. The molecule has 1 aliphatic carbocycles. The van der Waals surface area contributed by atoms with Crippen LogP contribution in [0.2, 0.25) is 0 Å². The predicted octanol–water partition coefficient (Wildman–Crippen LogP) is 3.09. The Morgan fingerprint density at radius 2 is 1.90 bits per heavy atom. The van der Waals surface area contributed by atoms with Crippen LogP contribution in [0.3, 0.4) is 0 Å². The summed E-state index contributed by atoms with van der Waals surface area (Å²) in [6, 6.07) is 3.18. The lowest BCUT2D eigenvalue weighted by Gasteiger charge is -2.24. The van der Waals surface area contributed by atoms with E-state index in [2.05, 4.69) is 4.99 Å². The van der Waals surface area contributed by atoms with Gasteiger partial charge in [0.2, 0.25) is 6.08 Å². The Balaban J connectivity index is 2.08. The van der Waals surface area contributed by atoms with E-state index in [1.807, 2.05) is 0 Å². The van der Waals surface area contributed by atoms with Crippen LogP contribution in [0.25, 0.3) is 0 Å². The van der Waals surface area contributed by atoms with E-state index in [4.69, 9.17) is 9.47 Å². The van der Waals surface area contributed by atoms with Gasteiger partial charge in [0.1, 0.15) is 0 Å². The first-order valence-electron chi connectivity index (χ1n) is 6.94. The first kappa shape index (κ1) is 13.1. The number of benzene rings is 1. The second-order valence-corrected chi connectivity index (χ2v) is 5.28. The molecular weight excluding hydrogens is 261 g/mol. The van der Waals surface area contributed by atoms with Crippen LogP contribution in [0.1, 0.15) is 37.7 Å². The maximum Gasteiger partial charge on any atom is 0.235 e. The quantitative estimate of drug-likeness (QED) is 0.616. The van der Waals surface area contributed by atoms with Gasteiger partial charge in [0, 0.05) is 6.42 Å². The molecule has 1 saturated carbocycles. The molecule has 20 heavy (non-hydrogen) atoms. The van der Waals surface area contributed by atoms with Crippen molar-refractivity contribution in [1.82, 2.24) is 0 Å². The Bertz CT molecular complexity index is 560. The van der Waals surface area contributed by atoms with E-state index in [0.29, 0.717) is 24.5 Å². The Kier molecular flexibility index (Phi) is 3.45. The fraction of sp³-hybridized carbons (Fsp3) is 0.533. The Labute approximate surface area is 116 Å². The molecule has 1 aromatic carbocycles. The van der Waals surface area contributed by atoms with E-state index < -0.39 is 11.4 Å². The zero-order valence-corrected chi connectivity index (χ0v) is 11.2. The van der Waals surface area contributed by atoms with Gasteiger partial charge in [-0.3, -0.25) is 0 Å². The molecule has 0 atom stereocenters. The SMILES string of the molecule is O=C=NC1(c2cc(F)c3c(c2)OCCCO3)CCCC1. The number of carbonyl (C=O) groups excluding carboxylic acids is 1. The third-order valence-electron chi connectivity index (χ3n) is 4.03. The van der Waals surface area contributed by atoms with E-state index in [9.17, 15) is 9.18 Å². The summed E-state index contributed by atoms with van der Waals surface area (Å²) in [5.74, 6) is 0.117. The van der Waals surface area contributed by atoms with Crippen LogP contribution in [-0.2, 0) is 10.3 Å². The minimum Gasteiger partial charge on any atom is -0.489 e. The van der Waals surface area contributed by atoms with Gasteiger partial charge < -0.3 is 9.47 Å². The molecule has 0 N–H and O–H groups in total. The second kappa shape index (κ2) is 5.25. The van der Waals surface area contributed by atoms with Crippen molar-refractivity contribution >= 4 is 6.08 Å². The molecule has 3 rings (SSSR count). The third-order valence-corrected chi connectivity index (χ3v) is 4.03. The maximum atomic E-state index is 14.2. The highest BCUT2D eigenvalue weighted by Gasteiger charge is 2.37. The molecule has 1 aliphatic heterocycles. The van der Waals surface area contributed by atoms with Crippen molar-refractivity contribution in [3.63, 3.8) is 0 Å². The van der Waals surface area contributed by atoms with Crippen LogP contribution in [0.15, 0.2) is 17.1 Å². The summed E-state index contributed by atoms with van der Waals surface area (Å²) in [4.78, 5) is 14.7. The number of nitrogens with zero attached hydrogens (tertiary/aromatic N) is 1. The first-order chi connectivity index (χ1) is 9.75. The lowest BCUT2D eigenvalue weighted by atomic mass is 9.88. The zero-order chi connectivity index (χ0) is 14.0. The highest BCUT2D eigenvalue weighted by atomic mass is 19.1. The van der Waals surface area contributed by atoms with Crippen LogP contribution in [0.4, 0.5) is 4.39 Å². The Morgan fingerprint density at radius 3 is 2.65 bits per heavy atom. The average molecular weight is 277 g/mol. The molecule has 0 spiro atoms. The molecule has 1 heterocycles. The number of hydrogen-bond acceptors (Lipinski definition) is 4. The van der Waals surface area contributed by atoms with Gasteiger partial charge in [-0.25, -0.2) is 9.18 Å². The zero-order valence-electron chi connectivity index (χ0n) is 11.2. The molecule has 0 aromatic heterocycles. The van der Waals surface area contributed by atoms with Gasteiger partial charge in [0.05, 0.1) is 18.8 Å². The smallest absolute Gasteiger partial charge is 0.235 e.